The van der Waals surface area contributed by atoms with Crippen molar-refractivity contribution in [2.24, 2.45) is 5.41 Å². The number of Topliss-reactive ketones (excluding diaryl/α,β-unsaturated/α-hetero) is 1. The van der Waals surface area contributed by atoms with Crippen LogP contribution in [0, 0.1) is 5.41 Å². The first-order valence-corrected chi connectivity index (χ1v) is 11.0. The normalized spacial score (nSPS) is 24.3. The molecule has 1 atom stereocenters. The highest BCUT2D eigenvalue weighted by atomic mass is 16.2. The summed E-state index contributed by atoms with van der Waals surface area (Å²) in [6, 6.07) is 8.23. The highest BCUT2D eigenvalue weighted by Crippen LogP contribution is 2.43. The highest BCUT2D eigenvalue weighted by molar-refractivity contribution is 6.01. The van der Waals surface area contributed by atoms with Gasteiger partial charge in [-0.05, 0) is 43.7 Å². The Labute approximate surface area is 173 Å². The fraction of sp³-hybridized carbons (Fsp3) is 0.583. The summed E-state index contributed by atoms with van der Waals surface area (Å²) in [5, 5.41) is 6.78. The molecule has 4 rings (SSSR count). The van der Waals surface area contributed by atoms with Crippen LogP contribution in [0.15, 0.2) is 35.5 Å². The molecular weight excluding hydrogens is 362 g/mol. The van der Waals surface area contributed by atoms with E-state index in [1.54, 1.807) is 0 Å². The Kier molecular flexibility index (Phi) is 5.41. The Hall–Kier alpha value is -2.30. The standard InChI is InChI=1S/C24H33N3O2/c1-16-23-19(13-24(2,3)14-21(23)28)26-18-11-7-8-12-20(18)27(16)15-22(29)25-17-9-5-4-6-10-17/h7-8,11-12,16-17,26H,4-6,9-10,13-15H2,1-3H3,(H,25,29). The monoisotopic (exact) mass is 395 g/mol. The molecule has 3 aliphatic rings. The first-order chi connectivity index (χ1) is 13.8. The second-order valence-electron chi connectivity index (χ2n) is 9.68. The average molecular weight is 396 g/mol. The summed E-state index contributed by atoms with van der Waals surface area (Å²) in [5.41, 5.74) is 3.76. The minimum atomic E-state index is -0.137. The van der Waals surface area contributed by atoms with Gasteiger partial charge in [0.15, 0.2) is 5.78 Å². The van der Waals surface area contributed by atoms with E-state index in [-0.39, 0.29) is 29.7 Å². The maximum atomic E-state index is 13.1. The lowest BCUT2D eigenvalue weighted by Gasteiger charge is -2.36. The van der Waals surface area contributed by atoms with E-state index in [2.05, 4.69) is 36.3 Å². The molecule has 1 heterocycles. The molecule has 1 fully saturated rings. The molecule has 0 spiro atoms. The average Bonchev–Trinajstić information content (AvgIpc) is 2.76. The van der Waals surface area contributed by atoms with Crippen molar-refractivity contribution in [2.45, 2.75) is 77.8 Å². The van der Waals surface area contributed by atoms with E-state index in [4.69, 9.17) is 0 Å². The molecule has 1 saturated carbocycles. The number of hydrogen-bond acceptors (Lipinski definition) is 4. The van der Waals surface area contributed by atoms with Crippen LogP contribution in [0.1, 0.15) is 65.7 Å². The number of amides is 1. The maximum absolute atomic E-state index is 13.1. The number of fused-ring (bicyclic) bond motifs is 1. The molecule has 5 nitrogen and oxygen atoms in total. The van der Waals surface area contributed by atoms with E-state index in [0.717, 1.165) is 41.9 Å². The van der Waals surface area contributed by atoms with Gasteiger partial charge in [0.05, 0.1) is 24.0 Å². The lowest BCUT2D eigenvalue weighted by atomic mass is 9.74. The van der Waals surface area contributed by atoms with Crippen molar-refractivity contribution < 1.29 is 9.59 Å². The summed E-state index contributed by atoms with van der Waals surface area (Å²) >= 11 is 0. The Bertz CT molecular complexity index is 836. The summed E-state index contributed by atoms with van der Waals surface area (Å²) in [5.74, 6) is 0.243. The van der Waals surface area contributed by atoms with Gasteiger partial charge in [-0.2, -0.15) is 0 Å². The van der Waals surface area contributed by atoms with E-state index in [1.807, 2.05) is 24.3 Å². The molecule has 1 aromatic carbocycles. The first-order valence-electron chi connectivity index (χ1n) is 11.0. The SMILES string of the molecule is CC1C2=C(CC(C)(C)CC2=O)Nc2ccccc2N1CC(=O)NC1CCCCC1. The number of allylic oxidation sites excluding steroid dienone is 1. The van der Waals surface area contributed by atoms with Crippen LogP contribution >= 0.6 is 0 Å². The Balaban J connectivity index is 1.63. The summed E-state index contributed by atoms with van der Waals surface area (Å²) in [6.45, 7) is 6.62. The number of anilines is 2. The van der Waals surface area contributed by atoms with Crippen LogP contribution in [-0.2, 0) is 9.59 Å². The number of nitrogens with zero attached hydrogens (tertiary/aromatic N) is 1. The third-order valence-corrected chi connectivity index (χ3v) is 6.59. The van der Waals surface area contributed by atoms with E-state index >= 15 is 0 Å². The molecule has 0 saturated heterocycles. The zero-order valence-corrected chi connectivity index (χ0v) is 17.9. The molecule has 1 amide bonds. The molecule has 5 heteroatoms. The number of para-hydroxylation sites is 2. The highest BCUT2D eigenvalue weighted by Gasteiger charge is 2.39. The van der Waals surface area contributed by atoms with Crippen molar-refractivity contribution in [2.75, 3.05) is 16.8 Å². The predicted molar refractivity (Wildman–Crippen MR) is 117 cm³/mol. The molecule has 1 aromatic rings. The van der Waals surface area contributed by atoms with Gasteiger partial charge in [0.1, 0.15) is 0 Å². The van der Waals surface area contributed by atoms with E-state index in [9.17, 15) is 9.59 Å². The topological polar surface area (TPSA) is 61.4 Å². The molecule has 2 N–H and O–H groups in total. The smallest absolute Gasteiger partial charge is 0.239 e. The van der Waals surface area contributed by atoms with Gasteiger partial charge < -0.3 is 15.5 Å². The molecule has 1 unspecified atom stereocenters. The first kappa shape index (κ1) is 20.0. The summed E-state index contributed by atoms with van der Waals surface area (Å²) in [7, 11) is 0. The van der Waals surface area contributed by atoms with Crippen LogP contribution in [0.25, 0.3) is 0 Å². The van der Waals surface area contributed by atoms with Gasteiger partial charge in [0.25, 0.3) is 0 Å². The summed E-state index contributed by atoms with van der Waals surface area (Å²) in [4.78, 5) is 28.1. The maximum Gasteiger partial charge on any atom is 0.239 e. The van der Waals surface area contributed by atoms with E-state index < -0.39 is 0 Å². The number of carbonyl (C=O) groups is 2. The van der Waals surface area contributed by atoms with E-state index in [0.29, 0.717) is 12.5 Å². The van der Waals surface area contributed by atoms with Gasteiger partial charge in [0.2, 0.25) is 5.91 Å². The molecule has 0 aromatic heterocycles. The molecular formula is C24H33N3O2. The van der Waals surface area contributed by atoms with Gasteiger partial charge >= 0.3 is 0 Å². The van der Waals surface area contributed by atoms with Gasteiger partial charge in [-0.3, -0.25) is 9.59 Å². The Morgan fingerprint density at radius 3 is 2.66 bits per heavy atom. The van der Waals surface area contributed by atoms with Crippen molar-refractivity contribution in [1.82, 2.24) is 5.32 Å². The number of hydrogen-bond donors (Lipinski definition) is 2. The number of carbonyl (C=O) groups excluding carboxylic acids is 2. The van der Waals surface area contributed by atoms with Gasteiger partial charge in [-0.15, -0.1) is 0 Å². The fourth-order valence-electron chi connectivity index (χ4n) is 5.18. The molecule has 156 valence electrons. The number of ketones is 1. The molecule has 29 heavy (non-hydrogen) atoms. The van der Waals surface area contributed by atoms with Crippen molar-refractivity contribution in [3.63, 3.8) is 0 Å². The third kappa shape index (κ3) is 4.19. The fourth-order valence-corrected chi connectivity index (χ4v) is 5.18. The van der Waals surface area contributed by atoms with Crippen LogP contribution < -0.4 is 15.5 Å². The predicted octanol–water partition coefficient (Wildman–Crippen LogP) is 4.40. The third-order valence-electron chi connectivity index (χ3n) is 6.59. The minimum Gasteiger partial charge on any atom is -0.357 e. The van der Waals surface area contributed by atoms with Gasteiger partial charge in [0, 0.05) is 23.7 Å². The van der Waals surface area contributed by atoms with Crippen LogP contribution in [-0.4, -0.2) is 30.3 Å². The van der Waals surface area contributed by atoms with Crippen LogP contribution in [0.5, 0.6) is 0 Å². The second-order valence-corrected chi connectivity index (χ2v) is 9.68. The van der Waals surface area contributed by atoms with E-state index in [1.165, 1.54) is 19.3 Å². The van der Waals surface area contributed by atoms with Crippen LogP contribution in [0.2, 0.25) is 0 Å². The molecule has 0 bridgehead atoms. The molecule has 0 radical (unpaired) electrons. The van der Waals surface area contributed by atoms with Gasteiger partial charge in [-0.1, -0.05) is 45.2 Å². The summed E-state index contributed by atoms with van der Waals surface area (Å²) in [6.07, 6.45) is 7.19. The zero-order valence-electron chi connectivity index (χ0n) is 17.9. The van der Waals surface area contributed by atoms with Crippen LogP contribution in [0.3, 0.4) is 0 Å². The van der Waals surface area contributed by atoms with Crippen molar-refractivity contribution in [3.8, 4) is 0 Å². The van der Waals surface area contributed by atoms with Crippen molar-refractivity contribution in [1.29, 1.82) is 0 Å². The van der Waals surface area contributed by atoms with Gasteiger partial charge in [-0.25, -0.2) is 0 Å². The van der Waals surface area contributed by atoms with Crippen molar-refractivity contribution >= 4 is 23.1 Å². The number of rotatable bonds is 3. The Morgan fingerprint density at radius 1 is 1.17 bits per heavy atom. The molecule has 1 aliphatic heterocycles. The van der Waals surface area contributed by atoms with Crippen molar-refractivity contribution in [3.05, 3.63) is 35.5 Å². The van der Waals surface area contributed by atoms with Crippen LogP contribution in [0.4, 0.5) is 11.4 Å². The quantitative estimate of drug-likeness (QED) is 0.796. The largest absolute Gasteiger partial charge is 0.357 e. The lowest BCUT2D eigenvalue weighted by Crippen LogP contribution is -2.47. The molecule has 2 aliphatic carbocycles. The lowest BCUT2D eigenvalue weighted by molar-refractivity contribution is -0.121. The summed E-state index contributed by atoms with van der Waals surface area (Å²) < 4.78 is 0. The minimum absolute atomic E-state index is 0.0474. The Morgan fingerprint density at radius 2 is 1.90 bits per heavy atom. The second kappa shape index (κ2) is 7.85. The number of benzene rings is 1. The number of nitrogens with one attached hydrogen (secondary N) is 2. The zero-order chi connectivity index (χ0) is 20.6.